The Morgan fingerprint density at radius 3 is 2.60 bits per heavy atom. The summed E-state index contributed by atoms with van der Waals surface area (Å²) in [5, 5.41) is 2.91. The van der Waals surface area contributed by atoms with Gasteiger partial charge in [-0.2, -0.15) is 4.31 Å². The number of methoxy groups -OCH3 is 1. The molecule has 1 aliphatic heterocycles. The lowest BCUT2D eigenvalue weighted by atomic mass is 9.93. The highest BCUT2D eigenvalue weighted by Gasteiger charge is 2.29. The van der Waals surface area contributed by atoms with E-state index in [1.54, 1.807) is 7.11 Å². The first-order valence-electron chi connectivity index (χ1n) is 10.0. The SMILES string of the molecule is COc1ccccc1CNC(=O)CCC1CCN(S(=O)(=O)c2cccc(F)c2)CC1. The number of ether oxygens (including phenoxy) is 1. The highest BCUT2D eigenvalue weighted by Crippen LogP contribution is 2.26. The predicted molar refractivity (Wildman–Crippen MR) is 112 cm³/mol. The smallest absolute Gasteiger partial charge is 0.243 e. The molecule has 0 atom stereocenters. The maximum atomic E-state index is 13.4. The first-order valence-corrected chi connectivity index (χ1v) is 11.5. The molecule has 1 heterocycles. The minimum absolute atomic E-state index is 0.0170. The fourth-order valence-electron chi connectivity index (χ4n) is 3.68. The van der Waals surface area contributed by atoms with Gasteiger partial charge >= 0.3 is 0 Å². The summed E-state index contributed by atoms with van der Waals surface area (Å²) in [6, 6.07) is 12.6. The van der Waals surface area contributed by atoms with Gasteiger partial charge in [0.05, 0.1) is 12.0 Å². The molecule has 1 amide bonds. The summed E-state index contributed by atoms with van der Waals surface area (Å²) in [5.41, 5.74) is 0.921. The van der Waals surface area contributed by atoms with E-state index in [-0.39, 0.29) is 10.8 Å². The number of hydrogen-bond acceptors (Lipinski definition) is 4. The first kappa shape index (κ1) is 22.2. The number of piperidine rings is 1. The molecule has 162 valence electrons. The van der Waals surface area contributed by atoms with Crippen LogP contribution in [0.15, 0.2) is 53.4 Å². The Bertz CT molecular complexity index is 973. The van der Waals surface area contributed by atoms with E-state index in [1.165, 1.54) is 22.5 Å². The van der Waals surface area contributed by atoms with Gasteiger partial charge in [-0.1, -0.05) is 24.3 Å². The van der Waals surface area contributed by atoms with Gasteiger partial charge in [0, 0.05) is 31.6 Å². The van der Waals surface area contributed by atoms with Crippen molar-refractivity contribution in [3.05, 3.63) is 59.9 Å². The third-order valence-corrected chi connectivity index (χ3v) is 7.35. The molecule has 2 aromatic rings. The Kier molecular flexibility index (Phi) is 7.44. The van der Waals surface area contributed by atoms with Crippen molar-refractivity contribution in [3.8, 4) is 5.75 Å². The Balaban J connectivity index is 1.44. The van der Waals surface area contributed by atoms with Gasteiger partial charge in [0.1, 0.15) is 11.6 Å². The Morgan fingerprint density at radius 2 is 1.90 bits per heavy atom. The van der Waals surface area contributed by atoms with Crippen LogP contribution in [0.3, 0.4) is 0 Å². The van der Waals surface area contributed by atoms with Gasteiger partial charge < -0.3 is 10.1 Å². The van der Waals surface area contributed by atoms with Gasteiger partial charge in [-0.25, -0.2) is 12.8 Å². The first-order chi connectivity index (χ1) is 14.4. The second-order valence-corrected chi connectivity index (χ2v) is 9.37. The van der Waals surface area contributed by atoms with Crippen molar-refractivity contribution >= 4 is 15.9 Å². The second kappa shape index (κ2) is 10.0. The summed E-state index contributed by atoms with van der Waals surface area (Å²) in [5.74, 6) is 0.437. The van der Waals surface area contributed by atoms with Crippen LogP contribution in [0.1, 0.15) is 31.2 Å². The molecule has 1 saturated heterocycles. The lowest BCUT2D eigenvalue weighted by molar-refractivity contribution is -0.121. The number of carbonyl (C=O) groups is 1. The fourth-order valence-corrected chi connectivity index (χ4v) is 5.18. The van der Waals surface area contributed by atoms with Gasteiger partial charge in [-0.15, -0.1) is 0 Å². The molecule has 30 heavy (non-hydrogen) atoms. The molecule has 0 spiro atoms. The molecule has 3 rings (SSSR count). The van der Waals surface area contributed by atoms with E-state index >= 15 is 0 Å². The molecule has 0 bridgehead atoms. The summed E-state index contributed by atoms with van der Waals surface area (Å²) >= 11 is 0. The van der Waals surface area contributed by atoms with Gasteiger partial charge in [-0.05, 0) is 49.4 Å². The monoisotopic (exact) mass is 434 g/mol. The zero-order valence-corrected chi connectivity index (χ0v) is 17.8. The molecule has 1 aliphatic rings. The maximum Gasteiger partial charge on any atom is 0.243 e. The van der Waals surface area contributed by atoms with E-state index in [1.807, 2.05) is 24.3 Å². The normalized spacial score (nSPS) is 15.7. The lowest BCUT2D eigenvalue weighted by Gasteiger charge is -2.31. The standard InChI is InChI=1S/C22H27FN2O4S/c1-29-21-8-3-2-5-18(21)16-24-22(26)10-9-17-11-13-25(14-12-17)30(27,28)20-7-4-6-19(23)15-20/h2-8,15,17H,9-14,16H2,1H3,(H,24,26). The third-order valence-electron chi connectivity index (χ3n) is 5.46. The molecule has 1 N–H and O–H groups in total. The number of para-hydroxylation sites is 1. The van der Waals surface area contributed by atoms with Crippen LogP contribution >= 0.6 is 0 Å². The summed E-state index contributed by atoms with van der Waals surface area (Å²) in [6.45, 7) is 1.17. The number of rotatable bonds is 8. The van der Waals surface area contributed by atoms with Crippen LogP contribution in [0.2, 0.25) is 0 Å². The molecule has 0 radical (unpaired) electrons. The number of sulfonamides is 1. The van der Waals surface area contributed by atoms with Crippen molar-refractivity contribution in [2.75, 3.05) is 20.2 Å². The minimum atomic E-state index is -3.68. The zero-order chi connectivity index (χ0) is 21.6. The van der Waals surface area contributed by atoms with Crippen LogP contribution in [-0.2, 0) is 21.4 Å². The summed E-state index contributed by atoms with van der Waals surface area (Å²) in [7, 11) is -2.08. The average Bonchev–Trinajstić information content (AvgIpc) is 2.76. The highest BCUT2D eigenvalue weighted by molar-refractivity contribution is 7.89. The van der Waals surface area contributed by atoms with Crippen LogP contribution in [0.25, 0.3) is 0 Å². The van der Waals surface area contributed by atoms with Crippen molar-refractivity contribution in [2.24, 2.45) is 5.92 Å². The molecule has 0 unspecified atom stereocenters. The van der Waals surface area contributed by atoms with Crippen molar-refractivity contribution in [3.63, 3.8) is 0 Å². The maximum absolute atomic E-state index is 13.4. The van der Waals surface area contributed by atoms with Gasteiger partial charge in [0.15, 0.2) is 0 Å². The summed E-state index contributed by atoms with van der Waals surface area (Å²) in [4.78, 5) is 12.2. The molecular weight excluding hydrogens is 407 g/mol. The number of amides is 1. The van der Waals surface area contributed by atoms with Gasteiger partial charge in [0.25, 0.3) is 0 Å². The van der Waals surface area contributed by atoms with Crippen LogP contribution in [0, 0.1) is 11.7 Å². The van der Waals surface area contributed by atoms with Crippen molar-refractivity contribution in [1.29, 1.82) is 0 Å². The minimum Gasteiger partial charge on any atom is -0.496 e. The Labute approximate surface area is 177 Å². The van der Waals surface area contributed by atoms with Crippen molar-refractivity contribution < 1.29 is 22.3 Å². The number of hydrogen-bond donors (Lipinski definition) is 1. The molecular formula is C22H27FN2O4S. The quantitative estimate of drug-likeness (QED) is 0.692. The predicted octanol–water partition coefficient (Wildman–Crippen LogP) is 3.33. The lowest BCUT2D eigenvalue weighted by Crippen LogP contribution is -2.38. The van der Waals surface area contributed by atoms with E-state index in [2.05, 4.69) is 5.32 Å². The second-order valence-electron chi connectivity index (χ2n) is 7.43. The average molecular weight is 435 g/mol. The molecule has 2 aromatic carbocycles. The van der Waals surface area contributed by atoms with Crippen molar-refractivity contribution in [2.45, 2.75) is 37.1 Å². The molecule has 0 aliphatic carbocycles. The van der Waals surface area contributed by atoms with E-state index in [0.717, 1.165) is 17.4 Å². The fraction of sp³-hybridized carbons (Fsp3) is 0.409. The highest BCUT2D eigenvalue weighted by atomic mass is 32.2. The van der Waals surface area contributed by atoms with E-state index < -0.39 is 15.8 Å². The summed E-state index contributed by atoms with van der Waals surface area (Å²) in [6.07, 6.45) is 2.49. The number of halogens is 1. The summed E-state index contributed by atoms with van der Waals surface area (Å²) < 4.78 is 45.4. The molecule has 0 aromatic heterocycles. The van der Waals surface area contributed by atoms with Crippen LogP contribution in [0.5, 0.6) is 5.75 Å². The Hall–Kier alpha value is -2.45. The molecule has 0 saturated carbocycles. The van der Waals surface area contributed by atoms with E-state index in [4.69, 9.17) is 4.74 Å². The van der Waals surface area contributed by atoms with Crippen LogP contribution < -0.4 is 10.1 Å². The third kappa shape index (κ3) is 5.58. The Morgan fingerprint density at radius 1 is 1.17 bits per heavy atom. The van der Waals surface area contributed by atoms with Gasteiger partial charge in [-0.3, -0.25) is 4.79 Å². The van der Waals surface area contributed by atoms with Crippen LogP contribution in [-0.4, -0.2) is 38.8 Å². The number of carbonyl (C=O) groups excluding carboxylic acids is 1. The topological polar surface area (TPSA) is 75.7 Å². The number of nitrogens with zero attached hydrogens (tertiary/aromatic N) is 1. The van der Waals surface area contributed by atoms with E-state index in [0.29, 0.717) is 51.2 Å². The number of benzene rings is 2. The molecule has 1 fully saturated rings. The largest absolute Gasteiger partial charge is 0.496 e. The van der Waals surface area contributed by atoms with E-state index in [9.17, 15) is 17.6 Å². The number of nitrogens with one attached hydrogen (secondary N) is 1. The van der Waals surface area contributed by atoms with Crippen molar-refractivity contribution in [1.82, 2.24) is 9.62 Å². The zero-order valence-electron chi connectivity index (χ0n) is 17.0. The molecule has 6 nitrogen and oxygen atoms in total. The molecule has 8 heteroatoms. The van der Waals surface area contributed by atoms with Crippen LogP contribution in [0.4, 0.5) is 4.39 Å². The van der Waals surface area contributed by atoms with Gasteiger partial charge in [0.2, 0.25) is 15.9 Å².